The summed E-state index contributed by atoms with van der Waals surface area (Å²) in [5.41, 5.74) is 0.431. The Balaban J connectivity index is 1.47. The smallest absolute Gasteiger partial charge is 0.330 e. The normalized spacial score (nSPS) is 14.8. The molecule has 3 aromatic rings. The van der Waals surface area contributed by atoms with Gasteiger partial charge in [0.25, 0.3) is 8.32 Å². The summed E-state index contributed by atoms with van der Waals surface area (Å²) in [5, 5.41) is 14.2. The lowest BCUT2D eigenvalue weighted by atomic mass is 10.1. The Hall–Kier alpha value is -3.95. The van der Waals surface area contributed by atoms with Crippen molar-refractivity contribution in [2.45, 2.75) is 31.9 Å². The number of carboxylic acid groups (broad SMARTS) is 1. The number of urea groups is 2. The van der Waals surface area contributed by atoms with Gasteiger partial charge in [-0.2, -0.15) is 0 Å². The Morgan fingerprint density at radius 1 is 0.897 bits per heavy atom. The van der Waals surface area contributed by atoms with Crippen LogP contribution in [0.15, 0.2) is 91.0 Å². The van der Waals surface area contributed by atoms with Gasteiger partial charge in [-0.3, -0.25) is 0 Å². The van der Waals surface area contributed by atoms with E-state index in [1.165, 1.54) is 0 Å². The predicted octanol–water partition coefficient (Wildman–Crippen LogP) is 3.84. The first kappa shape index (κ1) is 28.1. The number of hydrogen-bond acceptors (Lipinski definition) is 4. The van der Waals surface area contributed by atoms with E-state index in [4.69, 9.17) is 4.43 Å². The molecular weight excluding hydrogens is 510 g/mol. The van der Waals surface area contributed by atoms with Crippen LogP contribution < -0.4 is 15.7 Å². The molecule has 204 valence electrons. The average Bonchev–Trinajstić information content (AvgIpc) is 3.30. The van der Waals surface area contributed by atoms with Gasteiger partial charge in [0.1, 0.15) is 0 Å². The average molecular weight is 546 g/mol. The highest BCUT2D eigenvalue weighted by molar-refractivity contribution is 6.99. The lowest BCUT2D eigenvalue weighted by Gasteiger charge is -2.43. The highest BCUT2D eigenvalue weighted by Gasteiger charge is 2.50. The molecule has 1 unspecified atom stereocenters. The summed E-state index contributed by atoms with van der Waals surface area (Å²) >= 11 is 0. The first-order valence-electron chi connectivity index (χ1n) is 13.0. The molecule has 1 heterocycles. The van der Waals surface area contributed by atoms with Gasteiger partial charge < -0.3 is 19.7 Å². The fourth-order valence-corrected chi connectivity index (χ4v) is 9.74. The maximum atomic E-state index is 13.1. The third-order valence-corrected chi connectivity index (χ3v) is 12.1. The van der Waals surface area contributed by atoms with Crippen molar-refractivity contribution in [3.8, 4) is 0 Å². The Morgan fingerprint density at radius 3 is 1.90 bits per heavy atom. The molecule has 0 saturated carbocycles. The second-order valence-electron chi connectivity index (χ2n) is 10.6. The van der Waals surface area contributed by atoms with Gasteiger partial charge in [0.2, 0.25) is 0 Å². The van der Waals surface area contributed by atoms with E-state index >= 15 is 0 Å². The number of aliphatic carboxylic acids is 1. The molecule has 4 rings (SSSR count). The number of nitrogens with zero attached hydrogens (tertiary/aromatic N) is 2. The summed E-state index contributed by atoms with van der Waals surface area (Å²) in [7, 11) is -2.75. The first-order valence-corrected chi connectivity index (χ1v) is 15.0. The fraction of sp³-hybridized carbons (Fsp3) is 0.300. The number of nitrogens with one attached hydrogen (secondary N) is 1. The van der Waals surface area contributed by atoms with Crippen molar-refractivity contribution in [1.29, 1.82) is 0 Å². The number of carbonyl (C=O) groups excluding carboxylic acids is 2. The molecule has 0 spiro atoms. The monoisotopic (exact) mass is 545 g/mol. The number of carbonyl (C=O) groups is 3. The molecule has 1 atom stereocenters. The van der Waals surface area contributed by atoms with Crippen LogP contribution in [0.25, 0.3) is 0 Å². The summed E-state index contributed by atoms with van der Waals surface area (Å²) in [6.45, 7) is 7.71. The van der Waals surface area contributed by atoms with Crippen molar-refractivity contribution in [2.75, 3.05) is 26.2 Å². The quantitative estimate of drug-likeness (QED) is 0.398. The van der Waals surface area contributed by atoms with E-state index in [2.05, 4.69) is 50.4 Å². The van der Waals surface area contributed by atoms with Crippen LogP contribution in [-0.4, -0.2) is 67.5 Å². The minimum absolute atomic E-state index is 0.172. The zero-order valence-electron chi connectivity index (χ0n) is 22.5. The summed E-state index contributed by atoms with van der Waals surface area (Å²) < 4.78 is 6.87. The largest absolute Gasteiger partial charge is 0.479 e. The van der Waals surface area contributed by atoms with Gasteiger partial charge in [-0.1, -0.05) is 112 Å². The zero-order chi connectivity index (χ0) is 28.0. The van der Waals surface area contributed by atoms with Gasteiger partial charge in [-0.05, 0) is 21.0 Å². The minimum Gasteiger partial charge on any atom is -0.479 e. The number of hydrogen-bond donors (Lipinski definition) is 2. The predicted molar refractivity (Wildman–Crippen MR) is 153 cm³/mol. The molecule has 0 aliphatic carbocycles. The van der Waals surface area contributed by atoms with Gasteiger partial charge in [0.15, 0.2) is 6.04 Å². The topological polar surface area (TPSA) is 99.2 Å². The van der Waals surface area contributed by atoms with Crippen LogP contribution in [-0.2, 0) is 9.22 Å². The zero-order valence-corrected chi connectivity index (χ0v) is 23.5. The van der Waals surface area contributed by atoms with Crippen molar-refractivity contribution in [1.82, 2.24) is 15.1 Å². The molecule has 2 N–H and O–H groups in total. The number of imide groups is 1. The summed E-state index contributed by atoms with van der Waals surface area (Å²) in [6, 6.07) is 26.5. The van der Waals surface area contributed by atoms with E-state index in [-0.39, 0.29) is 11.6 Å². The van der Waals surface area contributed by atoms with E-state index in [1.807, 2.05) is 36.4 Å². The van der Waals surface area contributed by atoms with Crippen LogP contribution in [0.5, 0.6) is 0 Å². The van der Waals surface area contributed by atoms with Gasteiger partial charge in [-0.25, -0.2) is 19.3 Å². The number of benzene rings is 3. The van der Waals surface area contributed by atoms with E-state index in [0.717, 1.165) is 15.3 Å². The third kappa shape index (κ3) is 5.89. The summed E-state index contributed by atoms with van der Waals surface area (Å²) in [6.07, 6.45) is 0. The van der Waals surface area contributed by atoms with Gasteiger partial charge in [0, 0.05) is 19.6 Å². The molecule has 8 nitrogen and oxygen atoms in total. The van der Waals surface area contributed by atoms with Crippen molar-refractivity contribution in [3.63, 3.8) is 0 Å². The third-order valence-electron chi connectivity index (χ3n) is 7.08. The second kappa shape index (κ2) is 11.8. The molecule has 1 saturated heterocycles. The van der Waals surface area contributed by atoms with Crippen LogP contribution in [0.3, 0.4) is 0 Å². The molecule has 3 aromatic carbocycles. The van der Waals surface area contributed by atoms with Gasteiger partial charge in [-0.15, -0.1) is 0 Å². The van der Waals surface area contributed by atoms with E-state index in [0.29, 0.717) is 25.3 Å². The van der Waals surface area contributed by atoms with E-state index in [1.54, 1.807) is 35.2 Å². The van der Waals surface area contributed by atoms with Crippen LogP contribution in [0.1, 0.15) is 32.4 Å². The maximum Gasteiger partial charge on any atom is 0.330 e. The van der Waals surface area contributed by atoms with Crippen molar-refractivity contribution >= 4 is 36.7 Å². The molecule has 0 aromatic heterocycles. The summed E-state index contributed by atoms with van der Waals surface area (Å²) in [5.74, 6) is -1.20. The molecule has 39 heavy (non-hydrogen) atoms. The lowest BCUT2D eigenvalue weighted by molar-refractivity contribution is -0.139. The van der Waals surface area contributed by atoms with Gasteiger partial charge >= 0.3 is 18.0 Å². The van der Waals surface area contributed by atoms with Crippen LogP contribution in [0.4, 0.5) is 9.59 Å². The molecule has 0 bridgehead atoms. The first-order chi connectivity index (χ1) is 18.6. The molecule has 1 aliphatic heterocycles. The summed E-state index contributed by atoms with van der Waals surface area (Å²) in [4.78, 5) is 40.5. The number of carboxylic acids is 1. The van der Waals surface area contributed by atoms with Crippen LogP contribution in [0.2, 0.25) is 5.04 Å². The maximum absolute atomic E-state index is 13.1. The van der Waals surface area contributed by atoms with Crippen LogP contribution >= 0.6 is 0 Å². The standard InChI is InChI=1S/C30H35N3O5Si/c1-30(2,3)39(24-15-9-5-10-16-24,25-17-11-6-12-18-25)38-22-21-32-19-20-33(29(32)37)28(36)31-26(27(34)35)23-13-7-4-8-14-23/h4-18,26H,19-22H2,1-3H3,(H,31,36)(H,34,35). The fourth-order valence-electron chi connectivity index (χ4n) is 5.18. The Bertz CT molecular complexity index is 1240. The molecule has 1 aliphatic rings. The molecular formula is C30H35N3O5Si. The molecule has 4 amide bonds. The van der Waals surface area contributed by atoms with Gasteiger partial charge in [0.05, 0.1) is 6.61 Å². The highest BCUT2D eigenvalue weighted by atomic mass is 28.4. The van der Waals surface area contributed by atoms with Crippen molar-refractivity contribution < 1.29 is 23.9 Å². The van der Waals surface area contributed by atoms with E-state index < -0.39 is 32.4 Å². The van der Waals surface area contributed by atoms with E-state index in [9.17, 15) is 19.5 Å². The highest BCUT2D eigenvalue weighted by Crippen LogP contribution is 2.36. The number of rotatable bonds is 9. The van der Waals surface area contributed by atoms with Crippen molar-refractivity contribution in [3.05, 3.63) is 96.6 Å². The SMILES string of the molecule is CC(C)(C)[Si](OCCN1CCN(C(=O)NC(C(=O)O)c2ccccc2)C1=O)(c1ccccc1)c1ccccc1. The minimum atomic E-state index is -2.75. The Labute approximate surface area is 230 Å². The molecule has 9 heteroatoms. The Morgan fingerprint density at radius 2 is 1.41 bits per heavy atom. The molecule has 1 fully saturated rings. The Kier molecular flexibility index (Phi) is 8.52. The second-order valence-corrected chi connectivity index (χ2v) is 14.9. The van der Waals surface area contributed by atoms with Crippen molar-refractivity contribution in [2.24, 2.45) is 0 Å². The lowest BCUT2D eigenvalue weighted by Crippen LogP contribution is -2.67. The molecule has 0 radical (unpaired) electrons. The number of amides is 4. The van der Waals surface area contributed by atoms with Crippen LogP contribution in [0, 0.1) is 0 Å².